The van der Waals surface area contributed by atoms with Gasteiger partial charge in [-0.15, -0.1) is 0 Å². The van der Waals surface area contributed by atoms with E-state index in [9.17, 15) is 4.79 Å². The Kier molecular flexibility index (Phi) is 2.49. The summed E-state index contributed by atoms with van der Waals surface area (Å²) in [6, 6.07) is 8.38. The maximum Gasteiger partial charge on any atom is 0.155 e. The van der Waals surface area contributed by atoms with Crippen LogP contribution in [0.4, 0.5) is 0 Å². The molecule has 1 aliphatic carbocycles. The minimum Gasteiger partial charge on any atom is -0.295 e. The Labute approximate surface area is 84.5 Å². The van der Waals surface area contributed by atoms with Gasteiger partial charge in [0.05, 0.1) is 0 Å². The lowest BCUT2D eigenvalue weighted by Gasteiger charge is -2.12. The fourth-order valence-corrected chi connectivity index (χ4v) is 1.79. The van der Waals surface area contributed by atoms with E-state index in [4.69, 9.17) is 0 Å². The number of ketones is 1. The molecule has 1 nitrogen and oxygen atoms in total. The van der Waals surface area contributed by atoms with Crippen LogP contribution in [0.5, 0.6) is 0 Å². The summed E-state index contributed by atoms with van der Waals surface area (Å²) in [5, 5.41) is 0. The van der Waals surface area contributed by atoms with Crippen molar-refractivity contribution in [2.24, 2.45) is 0 Å². The lowest BCUT2D eigenvalue weighted by atomic mass is 9.93. The number of carbonyl (C=O) groups excluding carboxylic acids is 1. The van der Waals surface area contributed by atoms with Crippen molar-refractivity contribution in [1.82, 2.24) is 0 Å². The second-order valence-electron chi connectivity index (χ2n) is 3.86. The van der Waals surface area contributed by atoms with Gasteiger partial charge in [0.25, 0.3) is 0 Å². The van der Waals surface area contributed by atoms with Gasteiger partial charge in [-0.25, -0.2) is 0 Å². The van der Waals surface area contributed by atoms with Gasteiger partial charge < -0.3 is 0 Å². The Balaban J connectivity index is 2.30. The summed E-state index contributed by atoms with van der Waals surface area (Å²) in [6.07, 6.45) is 4.55. The topological polar surface area (TPSA) is 17.1 Å². The Morgan fingerprint density at radius 1 is 1.07 bits per heavy atom. The minimum atomic E-state index is 0.270. The molecule has 0 spiro atoms. The maximum absolute atomic E-state index is 11.2. The zero-order valence-electron chi connectivity index (χ0n) is 8.42. The molecule has 0 saturated carbocycles. The van der Waals surface area contributed by atoms with E-state index >= 15 is 0 Å². The lowest BCUT2D eigenvalue weighted by molar-refractivity contribution is -0.114. The van der Waals surface area contributed by atoms with Crippen molar-refractivity contribution in [3.63, 3.8) is 0 Å². The van der Waals surface area contributed by atoms with Crippen LogP contribution in [0.1, 0.15) is 30.4 Å². The van der Waals surface area contributed by atoms with Gasteiger partial charge in [-0.3, -0.25) is 4.79 Å². The van der Waals surface area contributed by atoms with Crippen LogP contribution in [0.3, 0.4) is 0 Å². The smallest absolute Gasteiger partial charge is 0.155 e. The van der Waals surface area contributed by atoms with E-state index in [0.717, 1.165) is 19.3 Å². The number of hydrogen-bond acceptors (Lipinski definition) is 1. The third kappa shape index (κ3) is 1.92. The molecule has 1 aromatic carbocycles. The van der Waals surface area contributed by atoms with Crippen molar-refractivity contribution in [2.45, 2.75) is 26.2 Å². The SMILES string of the molecule is Cc1ccc(C2=CC(=O)CCC2)cc1. The quantitative estimate of drug-likeness (QED) is 0.658. The third-order valence-electron chi connectivity index (χ3n) is 2.63. The first-order chi connectivity index (χ1) is 6.75. The molecule has 14 heavy (non-hydrogen) atoms. The second kappa shape index (κ2) is 3.79. The summed E-state index contributed by atoms with van der Waals surface area (Å²) in [5.41, 5.74) is 3.65. The molecule has 1 aliphatic rings. The van der Waals surface area contributed by atoms with Crippen molar-refractivity contribution in [3.05, 3.63) is 41.5 Å². The molecule has 0 aromatic heterocycles. The van der Waals surface area contributed by atoms with Gasteiger partial charge in [0.2, 0.25) is 0 Å². The highest BCUT2D eigenvalue weighted by atomic mass is 16.1. The molecule has 0 heterocycles. The fraction of sp³-hybridized carbons (Fsp3) is 0.308. The van der Waals surface area contributed by atoms with Crippen LogP contribution in [0.2, 0.25) is 0 Å². The molecule has 0 unspecified atom stereocenters. The van der Waals surface area contributed by atoms with Crippen molar-refractivity contribution in [1.29, 1.82) is 0 Å². The summed E-state index contributed by atoms with van der Waals surface area (Å²) in [5.74, 6) is 0.270. The number of rotatable bonds is 1. The summed E-state index contributed by atoms with van der Waals surface area (Å²) in [4.78, 5) is 11.2. The molecule has 0 N–H and O–H groups in total. The molecule has 1 aromatic rings. The molecule has 0 aliphatic heterocycles. The van der Waals surface area contributed by atoms with E-state index in [1.807, 2.05) is 0 Å². The highest BCUT2D eigenvalue weighted by Crippen LogP contribution is 2.25. The van der Waals surface area contributed by atoms with E-state index < -0.39 is 0 Å². The van der Waals surface area contributed by atoms with Crippen LogP contribution in [0.15, 0.2) is 30.3 Å². The zero-order valence-corrected chi connectivity index (χ0v) is 8.42. The summed E-state index contributed by atoms with van der Waals surface area (Å²) in [7, 11) is 0. The Morgan fingerprint density at radius 2 is 1.79 bits per heavy atom. The Bertz CT molecular complexity index is 371. The molecule has 0 bridgehead atoms. The number of aryl methyl sites for hydroxylation is 1. The number of benzene rings is 1. The van der Waals surface area contributed by atoms with Crippen molar-refractivity contribution >= 4 is 11.4 Å². The molecule has 0 atom stereocenters. The standard InChI is InChI=1S/C13H14O/c1-10-5-7-11(8-6-10)12-3-2-4-13(14)9-12/h5-9H,2-4H2,1H3. The maximum atomic E-state index is 11.2. The van der Waals surface area contributed by atoms with Gasteiger partial charge in [0, 0.05) is 6.42 Å². The van der Waals surface area contributed by atoms with E-state index in [1.165, 1.54) is 16.7 Å². The van der Waals surface area contributed by atoms with Gasteiger partial charge in [-0.2, -0.15) is 0 Å². The van der Waals surface area contributed by atoms with Crippen molar-refractivity contribution in [3.8, 4) is 0 Å². The fourth-order valence-electron chi connectivity index (χ4n) is 1.79. The van der Waals surface area contributed by atoms with Gasteiger partial charge in [0.15, 0.2) is 5.78 Å². The monoisotopic (exact) mass is 186 g/mol. The number of carbonyl (C=O) groups is 1. The van der Waals surface area contributed by atoms with Crippen LogP contribution in [0, 0.1) is 6.92 Å². The predicted molar refractivity (Wildman–Crippen MR) is 58.0 cm³/mol. The molecule has 0 radical (unpaired) electrons. The number of hydrogen-bond donors (Lipinski definition) is 0. The minimum absolute atomic E-state index is 0.270. The largest absolute Gasteiger partial charge is 0.295 e. The highest BCUT2D eigenvalue weighted by molar-refractivity contribution is 5.98. The van der Waals surface area contributed by atoms with E-state index in [0.29, 0.717) is 0 Å². The number of allylic oxidation sites excluding steroid dienone is 2. The highest BCUT2D eigenvalue weighted by Gasteiger charge is 2.10. The Hall–Kier alpha value is -1.37. The van der Waals surface area contributed by atoms with Crippen LogP contribution < -0.4 is 0 Å². The summed E-state index contributed by atoms with van der Waals surface area (Å²) < 4.78 is 0. The van der Waals surface area contributed by atoms with Crippen LogP contribution in [-0.4, -0.2) is 5.78 Å². The van der Waals surface area contributed by atoms with Gasteiger partial charge >= 0.3 is 0 Å². The molecule has 1 heteroatoms. The van der Waals surface area contributed by atoms with E-state index in [1.54, 1.807) is 6.08 Å². The van der Waals surface area contributed by atoms with Crippen molar-refractivity contribution < 1.29 is 4.79 Å². The van der Waals surface area contributed by atoms with E-state index in [2.05, 4.69) is 31.2 Å². The molecule has 0 fully saturated rings. The molecule has 2 rings (SSSR count). The van der Waals surface area contributed by atoms with Gasteiger partial charge in [-0.1, -0.05) is 29.8 Å². The lowest BCUT2D eigenvalue weighted by Crippen LogP contribution is -2.01. The third-order valence-corrected chi connectivity index (χ3v) is 2.63. The van der Waals surface area contributed by atoms with Crippen LogP contribution in [0.25, 0.3) is 5.57 Å². The average molecular weight is 186 g/mol. The van der Waals surface area contributed by atoms with Gasteiger partial charge in [0.1, 0.15) is 0 Å². The van der Waals surface area contributed by atoms with Crippen molar-refractivity contribution in [2.75, 3.05) is 0 Å². The first-order valence-electron chi connectivity index (χ1n) is 5.06. The summed E-state index contributed by atoms with van der Waals surface area (Å²) >= 11 is 0. The molecule has 72 valence electrons. The van der Waals surface area contributed by atoms with Crippen LogP contribution in [-0.2, 0) is 4.79 Å². The molecule has 0 saturated heterocycles. The first kappa shape index (κ1) is 9.20. The average Bonchev–Trinajstić information content (AvgIpc) is 2.19. The normalized spacial score (nSPS) is 16.6. The molecular formula is C13H14O. The molecule has 0 amide bonds. The van der Waals surface area contributed by atoms with Gasteiger partial charge in [-0.05, 0) is 37.0 Å². The molecular weight excluding hydrogens is 172 g/mol. The summed E-state index contributed by atoms with van der Waals surface area (Å²) in [6.45, 7) is 2.07. The van der Waals surface area contributed by atoms with Crippen LogP contribution >= 0.6 is 0 Å². The Morgan fingerprint density at radius 3 is 2.43 bits per heavy atom. The first-order valence-corrected chi connectivity index (χ1v) is 5.06. The predicted octanol–water partition coefficient (Wildman–Crippen LogP) is 3.13. The second-order valence-corrected chi connectivity index (χ2v) is 3.86. The van der Waals surface area contributed by atoms with E-state index in [-0.39, 0.29) is 5.78 Å². The zero-order chi connectivity index (χ0) is 9.97.